The van der Waals surface area contributed by atoms with Crippen molar-refractivity contribution in [1.82, 2.24) is 0 Å². The number of carbonyl (C=O) groups is 1. The van der Waals surface area contributed by atoms with E-state index in [1.165, 1.54) is 36.4 Å². The second-order valence-electron chi connectivity index (χ2n) is 5.16. The highest BCUT2D eigenvalue weighted by Crippen LogP contribution is 2.20. The first kappa shape index (κ1) is 17.8. The number of carboxylic acids is 1. The fraction of sp³-hybridized carbons (Fsp3) is 0.235. The fourth-order valence-electron chi connectivity index (χ4n) is 1.98. The molecule has 0 aliphatic heterocycles. The first-order valence-corrected chi connectivity index (χ1v) is 9.00. The minimum Gasteiger partial charge on any atom is -0.494 e. The molecule has 0 bridgehead atoms. The van der Waals surface area contributed by atoms with Crippen molar-refractivity contribution >= 4 is 21.7 Å². The maximum atomic E-state index is 12.4. The van der Waals surface area contributed by atoms with Gasteiger partial charge in [0.1, 0.15) is 5.75 Å². The van der Waals surface area contributed by atoms with E-state index in [4.69, 9.17) is 9.84 Å². The molecule has 2 rings (SSSR count). The molecule has 0 aliphatic rings. The molecule has 0 radical (unpaired) electrons. The number of nitrogens with one attached hydrogen (secondary N) is 1. The largest absolute Gasteiger partial charge is 0.494 e. The Bertz CT molecular complexity index is 800. The van der Waals surface area contributed by atoms with Crippen LogP contribution in [-0.2, 0) is 10.0 Å². The second-order valence-corrected chi connectivity index (χ2v) is 6.85. The number of benzene rings is 2. The highest BCUT2D eigenvalue weighted by atomic mass is 32.2. The van der Waals surface area contributed by atoms with Gasteiger partial charge in [-0.2, -0.15) is 0 Å². The molecule has 0 amide bonds. The van der Waals surface area contributed by atoms with Gasteiger partial charge in [-0.15, -0.1) is 0 Å². The van der Waals surface area contributed by atoms with Crippen molar-refractivity contribution in [3.63, 3.8) is 0 Å². The molecular formula is C17H19NO5S. The minimum atomic E-state index is -3.80. The molecule has 2 aromatic rings. The van der Waals surface area contributed by atoms with Crippen LogP contribution < -0.4 is 9.46 Å². The molecule has 0 unspecified atom stereocenters. The van der Waals surface area contributed by atoms with Crippen molar-refractivity contribution in [3.05, 3.63) is 54.1 Å². The van der Waals surface area contributed by atoms with Crippen LogP contribution in [0.1, 0.15) is 30.1 Å². The zero-order valence-electron chi connectivity index (χ0n) is 13.2. The summed E-state index contributed by atoms with van der Waals surface area (Å²) in [5.41, 5.74) is 0.202. The minimum absolute atomic E-state index is 0.00914. The SMILES string of the molecule is CCCCOc1ccc(S(=O)(=O)Nc2cccc(C(=O)O)c2)cc1. The highest BCUT2D eigenvalue weighted by molar-refractivity contribution is 7.92. The molecule has 128 valence electrons. The smallest absolute Gasteiger partial charge is 0.335 e. The molecule has 6 nitrogen and oxygen atoms in total. The lowest BCUT2D eigenvalue weighted by molar-refractivity contribution is 0.0697. The van der Waals surface area contributed by atoms with Crippen LogP contribution in [0.25, 0.3) is 0 Å². The van der Waals surface area contributed by atoms with Crippen molar-refractivity contribution < 1.29 is 23.1 Å². The summed E-state index contributed by atoms with van der Waals surface area (Å²) in [5.74, 6) is -0.514. The Hall–Kier alpha value is -2.54. The Morgan fingerprint density at radius 3 is 2.50 bits per heavy atom. The van der Waals surface area contributed by atoms with Crippen LogP contribution in [0.2, 0.25) is 0 Å². The number of hydrogen-bond donors (Lipinski definition) is 2. The van der Waals surface area contributed by atoms with Gasteiger partial charge < -0.3 is 9.84 Å². The number of carboxylic acid groups (broad SMARTS) is 1. The lowest BCUT2D eigenvalue weighted by atomic mass is 10.2. The van der Waals surface area contributed by atoms with Gasteiger partial charge in [0.05, 0.1) is 17.1 Å². The van der Waals surface area contributed by atoms with Crippen molar-refractivity contribution in [2.24, 2.45) is 0 Å². The molecule has 0 spiro atoms. The summed E-state index contributed by atoms with van der Waals surface area (Å²) in [5, 5.41) is 8.95. The fourth-order valence-corrected chi connectivity index (χ4v) is 3.03. The van der Waals surface area contributed by atoms with E-state index in [-0.39, 0.29) is 16.1 Å². The van der Waals surface area contributed by atoms with Crippen LogP contribution in [-0.4, -0.2) is 26.1 Å². The summed E-state index contributed by atoms with van der Waals surface area (Å²) in [4.78, 5) is 11.0. The van der Waals surface area contributed by atoms with E-state index < -0.39 is 16.0 Å². The number of ether oxygens (including phenoxy) is 1. The van der Waals surface area contributed by atoms with Crippen LogP contribution >= 0.6 is 0 Å². The molecule has 0 saturated carbocycles. The summed E-state index contributed by atoms with van der Waals surface area (Å²) in [6.07, 6.45) is 1.95. The number of hydrogen-bond acceptors (Lipinski definition) is 4. The first-order valence-electron chi connectivity index (χ1n) is 7.51. The average molecular weight is 349 g/mol. The Morgan fingerprint density at radius 1 is 1.17 bits per heavy atom. The zero-order chi connectivity index (χ0) is 17.6. The predicted octanol–water partition coefficient (Wildman–Crippen LogP) is 3.36. The van der Waals surface area contributed by atoms with Gasteiger partial charge in [-0.1, -0.05) is 19.4 Å². The molecule has 0 aliphatic carbocycles. The van der Waals surface area contributed by atoms with Gasteiger partial charge in [-0.3, -0.25) is 4.72 Å². The average Bonchev–Trinajstić information content (AvgIpc) is 2.55. The third-order valence-corrected chi connectivity index (χ3v) is 4.66. The van der Waals surface area contributed by atoms with Gasteiger partial charge in [0.15, 0.2) is 0 Å². The van der Waals surface area contributed by atoms with E-state index in [1.54, 1.807) is 12.1 Å². The maximum Gasteiger partial charge on any atom is 0.335 e. The summed E-state index contributed by atoms with van der Waals surface area (Å²) >= 11 is 0. The third kappa shape index (κ3) is 4.73. The monoisotopic (exact) mass is 349 g/mol. The number of anilines is 1. The number of rotatable bonds is 8. The van der Waals surface area contributed by atoms with Gasteiger partial charge >= 0.3 is 5.97 Å². The topological polar surface area (TPSA) is 92.7 Å². The van der Waals surface area contributed by atoms with Crippen molar-refractivity contribution in [1.29, 1.82) is 0 Å². The molecule has 0 saturated heterocycles. The van der Waals surface area contributed by atoms with E-state index in [9.17, 15) is 13.2 Å². The van der Waals surface area contributed by atoms with Crippen molar-refractivity contribution in [2.75, 3.05) is 11.3 Å². The number of sulfonamides is 1. The van der Waals surface area contributed by atoms with Gasteiger partial charge in [-0.25, -0.2) is 13.2 Å². The van der Waals surface area contributed by atoms with Crippen LogP contribution in [0, 0.1) is 0 Å². The molecular weight excluding hydrogens is 330 g/mol. The van der Waals surface area contributed by atoms with Gasteiger partial charge in [0.25, 0.3) is 10.0 Å². The summed E-state index contributed by atoms with van der Waals surface area (Å²) < 4.78 is 32.6. The van der Waals surface area contributed by atoms with Crippen LogP contribution in [0.3, 0.4) is 0 Å². The van der Waals surface area contributed by atoms with E-state index in [0.29, 0.717) is 12.4 Å². The number of aromatic carboxylic acids is 1. The summed E-state index contributed by atoms with van der Waals surface area (Å²) in [7, 11) is -3.80. The molecule has 0 atom stereocenters. The van der Waals surface area contributed by atoms with Crippen molar-refractivity contribution in [3.8, 4) is 5.75 Å². The standard InChI is InChI=1S/C17H19NO5S/c1-2-3-11-23-15-7-9-16(10-8-15)24(21,22)18-14-6-4-5-13(12-14)17(19)20/h4-10,12,18H,2-3,11H2,1H3,(H,19,20). The summed E-state index contributed by atoms with van der Waals surface area (Å²) in [6, 6.07) is 11.7. The Balaban J connectivity index is 2.12. The lowest BCUT2D eigenvalue weighted by Crippen LogP contribution is -2.13. The summed E-state index contributed by atoms with van der Waals surface area (Å²) in [6.45, 7) is 2.65. The van der Waals surface area contributed by atoms with E-state index in [0.717, 1.165) is 12.8 Å². The predicted molar refractivity (Wildman–Crippen MR) is 91.1 cm³/mol. The van der Waals surface area contributed by atoms with Crippen LogP contribution in [0.5, 0.6) is 5.75 Å². The number of unbranched alkanes of at least 4 members (excludes halogenated alkanes) is 1. The van der Waals surface area contributed by atoms with Crippen LogP contribution in [0.15, 0.2) is 53.4 Å². The second kappa shape index (κ2) is 7.83. The van der Waals surface area contributed by atoms with Gasteiger partial charge in [0, 0.05) is 5.69 Å². The Kier molecular flexibility index (Phi) is 5.81. The molecule has 2 N–H and O–H groups in total. The van der Waals surface area contributed by atoms with E-state index >= 15 is 0 Å². The molecule has 7 heteroatoms. The zero-order valence-corrected chi connectivity index (χ0v) is 14.0. The maximum absolute atomic E-state index is 12.4. The van der Waals surface area contributed by atoms with Gasteiger partial charge in [-0.05, 0) is 48.9 Å². The lowest BCUT2D eigenvalue weighted by Gasteiger charge is -2.10. The van der Waals surface area contributed by atoms with E-state index in [1.807, 2.05) is 0 Å². The normalized spacial score (nSPS) is 11.0. The highest BCUT2D eigenvalue weighted by Gasteiger charge is 2.15. The van der Waals surface area contributed by atoms with Gasteiger partial charge in [0.2, 0.25) is 0 Å². The first-order chi connectivity index (χ1) is 11.4. The Morgan fingerprint density at radius 2 is 1.88 bits per heavy atom. The third-order valence-electron chi connectivity index (χ3n) is 3.26. The van der Waals surface area contributed by atoms with Crippen molar-refractivity contribution in [2.45, 2.75) is 24.7 Å². The quantitative estimate of drug-likeness (QED) is 0.713. The molecule has 0 aromatic heterocycles. The molecule has 2 aromatic carbocycles. The Labute approximate surface area is 141 Å². The van der Waals surface area contributed by atoms with E-state index in [2.05, 4.69) is 11.6 Å². The molecule has 24 heavy (non-hydrogen) atoms. The molecule has 0 fully saturated rings. The van der Waals surface area contributed by atoms with Crippen LogP contribution in [0.4, 0.5) is 5.69 Å². The molecule has 0 heterocycles.